The van der Waals surface area contributed by atoms with Crippen LogP contribution in [0.4, 0.5) is 21.4 Å². The average Bonchev–Trinajstić information content (AvgIpc) is 3.63. The van der Waals surface area contributed by atoms with Gasteiger partial charge in [0, 0.05) is 38.6 Å². The third kappa shape index (κ3) is 6.27. The zero-order valence-electron chi connectivity index (χ0n) is 23.2. The van der Waals surface area contributed by atoms with E-state index in [9.17, 15) is 9.59 Å². The van der Waals surface area contributed by atoms with Crippen molar-refractivity contribution in [3.8, 4) is 0 Å². The summed E-state index contributed by atoms with van der Waals surface area (Å²) in [5.41, 5.74) is 6.85. The molecular formula is C27H41N9O2S. The minimum atomic E-state index is -0.636. The van der Waals surface area contributed by atoms with Crippen LogP contribution in [-0.2, 0) is 0 Å². The molecule has 0 spiro atoms. The van der Waals surface area contributed by atoms with Crippen molar-refractivity contribution in [2.75, 3.05) is 43.9 Å². The van der Waals surface area contributed by atoms with E-state index in [2.05, 4.69) is 38.4 Å². The van der Waals surface area contributed by atoms with Gasteiger partial charge in [0.1, 0.15) is 10.8 Å². The minimum absolute atomic E-state index is 0.00864. The normalized spacial score (nSPS) is 23.1. The summed E-state index contributed by atoms with van der Waals surface area (Å²) in [6.07, 6.45) is 11.1. The van der Waals surface area contributed by atoms with Crippen LogP contribution < -0.4 is 21.3 Å². The van der Waals surface area contributed by atoms with Gasteiger partial charge in [-0.2, -0.15) is 4.37 Å². The Labute approximate surface area is 234 Å². The Hall–Kier alpha value is -2.99. The second-order valence-electron chi connectivity index (χ2n) is 11.3. The van der Waals surface area contributed by atoms with Gasteiger partial charge in [-0.15, -0.1) is 0 Å². The van der Waals surface area contributed by atoms with Crippen LogP contribution >= 0.6 is 11.5 Å². The van der Waals surface area contributed by atoms with Gasteiger partial charge < -0.3 is 31.1 Å². The minimum Gasteiger partial charge on any atom is -0.364 e. The maximum atomic E-state index is 12.3. The summed E-state index contributed by atoms with van der Waals surface area (Å²) in [4.78, 5) is 40.0. The lowest BCUT2D eigenvalue weighted by atomic mass is 9.92. The highest BCUT2D eigenvalue weighted by atomic mass is 32.1. The number of urea groups is 1. The Kier molecular flexibility index (Phi) is 8.51. The maximum absolute atomic E-state index is 12.3. The lowest BCUT2D eigenvalue weighted by molar-refractivity contribution is 0.0996. The molecule has 5 rings (SSSR count). The molecule has 3 amide bonds. The van der Waals surface area contributed by atoms with Crippen molar-refractivity contribution in [1.29, 1.82) is 0 Å². The lowest BCUT2D eigenvalue weighted by Gasteiger charge is -2.40. The molecule has 2 aromatic heterocycles. The highest BCUT2D eigenvalue weighted by molar-refractivity contribution is 7.10. The summed E-state index contributed by atoms with van der Waals surface area (Å²) >= 11 is 1.38. The Bertz CT molecular complexity index is 1160. The van der Waals surface area contributed by atoms with E-state index in [1.165, 1.54) is 42.1 Å². The fourth-order valence-electron chi connectivity index (χ4n) is 6.22. The molecular weight excluding hydrogens is 514 g/mol. The molecule has 4 heterocycles. The highest BCUT2D eigenvalue weighted by Gasteiger charge is 2.32. The molecule has 4 N–H and O–H groups in total. The number of hydrogen-bond donors (Lipinski definition) is 3. The number of nitrogens with two attached hydrogens (primary N) is 1. The van der Waals surface area contributed by atoms with E-state index < -0.39 is 5.91 Å². The maximum Gasteiger partial charge on any atom is 0.317 e. The van der Waals surface area contributed by atoms with Crippen LogP contribution in [0.25, 0.3) is 0 Å². The molecule has 1 aliphatic carbocycles. The van der Waals surface area contributed by atoms with Gasteiger partial charge in [0.25, 0.3) is 5.91 Å². The van der Waals surface area contributed by atoms with E-state index in [4.69, 9.17) is 15.1 Å². The number of aromatic nitrogens is 3. The summed E-state index contributed by atoms with van der Waals surface area (Å²) in [5, 5.41) is 7.21. The monoisotopic (exact) mass is 555 g/mol. The second-order valence-corrected chi connectivity index (χ2v) is 12.1. The molecule has 212 valence electrons. The predicted octanol–water partition coefficient (Wildman–Crippen LogP) is 3.53. The third-order valence-electron chi connectivity index (χ3n) is 8.55. The van der Waals surface area contributed by atoms with Crippen LogP contribution in [0.5, 0.6) is 0 Å². The van der Waals surface area contributed by atoms with E-state index in [1.54, 1.807) is 20.3 Å². The first-order chi connectivity index (χ1) is 18.8. The van der Waals surface area contributed by atoms with Gasteiger partial charge in [0.2, 0.25) is 0 Å². The number of carbonyl (C=O) groups is 2. The number of rotatable bonds is 7. The topological polar surface area (TPSA) is 133 Å². The molecule has 2 atom stereocenters. The lowest BCUT2D eigenvalue weighted by Crippen LogP contribution is -2.56. The summed E-state index contributed by atoms with van der Waals surface area (Å²) < 4.78 is 4.75. The molecule has 12 heteroatoms. The highest BCUT2D eigenvalue weighted by Crippen LogP contribution is 2.35. The summed E-state index contributed by atoms with van der Waals surface area (Å²) in [6.45, 7) is 5.13. The van der Waals surface area contributed by atoms with E-state index >= 15 is 0 Å². The van der Waals surface area contributed by atoms with Gasteiger partial charge in [0.15, 0.2) is 11.5 Å². The first-order valence-corrected chi connectivity index (χ1v) is 15.0. The molecule has 1 saturated carbocycles. The second kappa shape index (κ2) is 12.0. The average molecular weight is 556 g/mol. The Morgan fingerprint density at radius 2 is 1.82 bits per heavy atom. The fraction of sp³-hybridized carbons (Fsp3) is 0.667. The van der Waals surface area contributed by atoms with Crippen molar-refractivity contribution in [1.82, 2.24) is 29.5 Å². The van der Waals surface area contributed by atoms with Crippen LogP contribution in [0.3, 0.4) is 0 Å². The van der Waals surface area contributed by atoms with E-state index in [-0.39, 0.29) is 23.8 Å². The van der Waals surface area contributed by atoms with Gasteiger partial charge in [-0.3, -0.25) is 4.79 Å². The van der Waals surface area contributed by atoms with Gasteiger partial charge in [-0.1, -0.05) is 12.8 Å². The van der Waals surface area contributed by atoms with Crippen LogP contribution in [0.2, 0.25) is 0 Å². The molecule has 0 bridgehead atoms. The van der Waals surface area contributed by atoms with E-state index in [0.717, 1.165) is 62.1 Å². The number of hydrogen-bond acceptors (Lipinski definition) is 9. The Morgan fingerprint density at radius 1 is 1.08 bits per heavy atom. The smallest absolute Gasteiger partial charge is 0.317 e. The SMILES string of the molecule is C[C@@H]1[C@H](NC(=O)N(C)C)CCCN1c1cnc(C(N)=O)c(Nc2cc(C3CCN(C4CCCC4)CC3)ns2)n1. The van der Waals surface area contributed by atoms with Crippen molar-refractivity contribution < 1.29 is 9.59 Å². The van der Waals surface area contributed by atoms with Crippen molar-refractivity contribution in [3.05, 3.63) is 23.7 Å². The zero-order chi connectivity index (χ0) is 27.5. The van der Waals surface area contributed by atoms with Gasteiger partial charge in [-0.25, -0.2) is 14.8 Å². The van der Waals surface area contributed by atoms with Gasteiger partial charge >= 0.3 is 6.03 Å². The molecule has 3 fully saturated rings. The quantitative estimate of drug-likeness (QED) is 0.473. The van der Waals surface area contributed by atoms with Gasteiger partial charge in [-0.05, 0) is 76.1 Å². The molecule has 2 saturated heterocycles. The standard InChI is InChI=1S/C27H41N9O2S/c1-17-20(30-27(38)34(2)3)9-6-12-36(17)22-16-29-24(25(28)37)26(31-22)32-23-15-21(33-39-23)18-10-13-35(14-11-18)19-7-4-5-8-19/h15-20H,4-14H2,1-3H3,(H2,28,37)(H,30,38)(H,31,32)/t17-,20-/m1/s1. The molecule has 11 nitrogen and oxygen atoms in total. The van der Waals surface area contributed by atoms with E-state index in [1.807, 2.05) is 0 Å². The zero-order valence-corrected chi connectivity index (χ0v) is 24.0. The van der Waals surface area contributed by atoms with Crippen molar-refractivity contribution >= 4 is 40.1 Å². The molecule has 2 aliphatic heterocycles. The van der Waals surface area contributed by atoms with Crippen LogP contribution in [-0.4, -0.2) is 87.9 Å². The number of amides is 3. The summed E-state index contributed by atoms with van der Waals surface area (Å²) in [7, 11) is 3.47. The van der Waals surface area contributed by atoms with Crippen LogP contribution in [0.1, 0.15) is 80.4 Å². The van der Waals surface area contributed by atoms with Crippen LogP contribution in [0, 0.1) is 0 Å². The third-order valence-corrected chi connectivity index (χ3v) is 9.27. The first kappa shape index (κ1) is 27.6. The number of anilines is 3. The van der Waals surface area contributed by atoms with Crippen molar-refractivity contribution in [2.24, 2.45) is 5.73 Å². The molecule has 3 aliphatic rings. The molecule has 0 radical (unpaired) electrons. The van der Waals surface area contributed by atoms with Crippen molar-refractivity contribution in [3.63, 3.8) is 0 Å². The number of nitrogens with one attached hydrogen (secondary N) is 2. The fourth-order valence-corrected chi connectivity index (χ4v) is 6.94. The Balaban J connectivity index is 1.28. The largest absolute Gasteiger partial charge is 0.364 e. The number of likely N-dealkylation sites (tertiary alicyclic amines) is 1. The number of carbonyl (C=O) groups excluding carboxylic acids is 2. The number of piperidine rings is 2. The number of nitrogens with zero attached hydrogens (tertiary/aromatic N) is 6. The van der Waals surface area contributed by atoms with Crippen molar-refractivity contribution in [2.45, 2.75) is 82.3 Å². The Morgan fingerprint density at radius 3 is 2.51 bits per heavy atom. The summed E-state index contributed by atoms with van der Waals surface area (Å²) in [6, 6.07) is 2.73. The molecule has 39 heavy (non-hydrogen) atoms. The predicted molar refractivity (Wildman–Crippen MR) is 154 cm³/mol. The number of primary amides is 1. The van der Waals surface area contributed by atoms with Gasteiger partial charge in [0.05, 0.1) is 17.9 Å². The van der Waals surface area contributed by atoms with E-state index in [0.29, 0.717) is 17.6 Å². The first-order valence-electron chi connectivity index (χ1n) is 14.2. The summed E-state index contributed by atoms with van der Waals surface area (Å²) in [5.74, 6) is 0.787. The molecule has 0 aromatic carbocycles. The van der Waals surface area contributed by atoms with Crippen LogP contribution in [0.15, 0.2) is 12.3 Å². The molecule has 0 unspecified atom stereocenters. The molecule has 2 aromatic rings.